The Morgan fingerprint density at radius 3 is 2.10 bits per heavy atom. The standard InChI is InChI=1S/C9H15N/c1-7(2)6-8(3)9(4)10-5/h6,10H,3-4H2,1-2,5H3. The molecule has 0 radical (unpaired) electrons. The number of nitrogens with one attached hydrogen (secondary N) is 1. The average molecular weight is 137 g/mol. The SMILES string of the molecule is C=C(C=C(C)C)C(=C)NC. The van der Waals surface area contributed by atoms with Gasteiger partial charge in [0.05, 0.1) is 0 Å². The average Bonchev–Trinajstić information content (AvgIpc) is 1.85. The van der Waals surface area contributed by atoms with Crippen LogP contribution >= 0.6 is 0 Å². The highest BCUT2D eigenvalue weighted by Crippen LogP contribution is 2.05. The minimum Gasteiger partial charge on any atom is -0.388 e. The molecule has 0 saturated carbocycles. The smallest absolute Gasteiger partial charge is 0.0332 e. The second kappa shape index (κ2) is 3.94. The van der Waals surface area contributed by atoms with Crippen LogP contribution in [0, 0.1) is 0 Å². The molecule has 56 valence electrons. The van der Waals surface area contributed by atoms with Crippen LogP contribution in [-0.2, 0) is 0 Å². The fourth-order valence-electron chi connectivity index (χ4n) is 0.596. The zero-order valence-electron chi connectivity index (χ0n) is 6.99. The van der Waals surface area contributed by atoms with Crippen molar-refractivity contribution in [2.75, 3.05) is 7.05 Å². The van der Waals surface area contributed by atoms with Gasteiger partial charge >= 0.3 is 0 Å². The molecule has 0 aromatic heterocycles. The molecule has 0 rings (SSSR count). The van der Waals surface area contributed by atoms with E-state index in [-0.39, 0.29) is 0 Å². The Kier molecular flexibility index (Phi) is 3.55. The highest BCUT2D eigenvalue weighted by atomic mass is 14.8. The summed E-state index contributed by atoms with van der Waals surface area (Å²) in [5, 5.41) is 2.93. The van der Waals surface area contributed by atoms with Crippen LogP contribution in [0.2, 0.25) is 0 Å². The molecule has 0 atom stereocenters. The van der Waals surface area contributed by atoms with Crippen molar-refractivity contribution in [1.82, 2.24) is 5.32 Å². The summed E-state index contributed by atoms with van der Waals surface area (Å²) in [6, 6.07) is 0. The predicted octanol–water partition coefficient (Wildman–Crippen LogP) is 2.24. The largest absolute Gasteiger partial charge is 0.388 e. The summed E-state index contributed by atoms with van der Waals surface area (Å²) in [4.78, 5) is 0. The van der Waals surface area contributed by atoms with Crippen molar-refractivity contribution in [3.05, 3.63) is 36.1 Å². The van der Waals surface area contributed by atoms with E-state index in [0.29, 0.717) is 0 Å². The first kappa shape index (κ1) is 9.02. The van der Waals surface area contributed by atoms with Gasteiger partial charge in [0.2, 0.25) is 0 Å². The van der Waals surface area contributed by atoms with Gasteiger partial charge in [-0.1, -0.05) is 24.8 Å². The van der Waals surface area contributed by atoms with Crippen molar-refractivity contribution in [1.29, 1.82) is 0 Å². The van der Waals surface area contributed by atoms with Gasteiger partial charge in [-0.2, -0.15) is 0 Å². The van der Waals surface area contributed by atoms with Crippen LogP contribution in [0.15, 0.2) is 36.1 Å². The maximum absolute atomic E-state index is 3.83. The molecule has 0 heterocycles. The van der Waals surface area contributed by atoms with Gasteiger partial charge in [-0.15, -0.1) is 0 Å². The molecule has 1 heteroatoms. The van der Waals surface area contributed by atoms with E-state index < -0.39 is 0 Å². The summed E-state index contributed by atoms with van der Waals surface area (Å²) in [7, 11) is 1.84. The van der Waals surface area contributed by atoms with Crippen molar-refractivity contribution in [2.24, 2.45) is 0 Å². The Morgan fingerprint density at radius 2 is 1.80 bits per heavy atom. The molecule has 0 bridgehead atoms. The molecule has 0 saturated heterocycles. The Hall–Kier alpha value is -0.980. The molecule has 0 unspecified atom stereocenters. The molecular formula is C9H15N. The van der Waals surface area contributed by atoms with Gasteiger partial charge in [0.1, 0.15) is 0 Å². The molecule has 1 nitrogen and oxygen atoms in total. The second-order valence-corrected chi connectivity index (χ2v) is 2.48. The van der Waals surface area contributed by atoms with Gasteiger partial charge in [-0.3, -0.25) is 0 Å². The van der Waals surface area contributed by atoms with Crippen LogP contribution in [-0.4, -0.2) is 7.05 Å². The van der Waals surface area contributed by atoms with Crippen LogP contribution in [0.5, 0.6) is 0 Å². The molecule has 0 spiro atoms. The van der Waals surface area contributed by atoms with Crippen molar-refractivity contribution < 1.29 is 0 Å². The van der Waals surface area contributed by atoms with Crippen molar-refractivity contribution >= 4 is 0 Å². The minimum atomic E-state index is 0.876. The summed E-state index contributed by atoms with van der Waals surface area (Å²) >= 11 is 0. The van der Waals surface area contributed by atoms with Gasteiger partial charge in [0.25, 0.3) is 0 Å². The Labute approximate surface area is 63.1 Å². The number of hydrogen-bond donors (Lipinski definition) is 1. The van der Waals surface area contributed by atoms with Crippen molar-refractivity contribution in [2.45, 2.75) is 13.8 Å². The van der Waals surface area contributed by atoms with Gasteiger partial charge in [-0.05, 0) is 19.4 Å². The van der Waals surface area contributed by atoms with E-state index in [4.69, 9.17) is 0 Å². The normalized spacial score (nSPS) is 8.30. The second-order valence-electron chi connectivity index (χ2n) is 2.48. The number of likely N-dealkylation sites (N-methyl/N-ethyl adjacent to an activating group) is 1. The fraction of sp³-hybridized carbons (Fsp3) is 0.333. The molecule has 1 N–H and O–H groups in total. The molecule has 0 aliphatic carbocycles. The maximum Gasteiger partial charge on any atom is 0.0332 e. The molecule has 0 amide bonds. The Balaban J connectivity index is 4.11. The third kappa shape index (κ3) is 3.13. The monoisotopic (exact) mass is 137 g/mol. The minimum absolute atomic E-state index is 0.876. The van der Waals surface area contributed by atoms with E-state index in [0.717, 1.165) is 11.3 Å². The van der Waals surface area contributed by atoms with E-state index >= 15 is 0 Å². The molecule has 0 aliphatic rings. The van der Waals surface area contributed by atoms with E-state index in [1.807, 2.05) is 27.0 Å². The van der Waals surface area contributed by atoms with E-state index in [2.05, 4.69) is 18.5 Å². The lowest BCUT2D eigenvalue weighted by atomic mass is 10.2. The van der Waals surface area contributed by atoms with Gasteiger partial charge < -0.3 is 5.32 Å². The zero-order chi connectivity index (χ0) is 8.15. The lowest BCUT2D eigenvalue weighted by molar-refractivity contribution is 1.02. The number of allylic oxidation sites excluding steroid dienone is 2. The summed E-state index contributed by atoms with van der Waals surface area (Å²) in [5.74, 6) is 0. The highest BCUT2D eigenvalue weighted by molar-refractivity contribution is 5.35. The zero-order valence-corrected chi connectivity index (χ0v) is 6.99. The van der Waals surface area contributed by atoms with E-state index in [9.17, 15) is 0 Å². The Morgan fingerprint density at radius 1 is 1.30 bits per heavy atom. The Bertz CT molecular complexity index is 171. The van der Waals surface area contributed by atoms with Gasteiger partial charge in [-0.25, -0.2) is 0 Å². The summed E-state index contributed by atoms with van der Waals surface area (Å²) < 4.78 is 0. The third-order valence-corrected chi connectivity index (χ3v) is 1.15. The number of rotatable bonds is 3. The summed E-state index contributed by atoms with van der Waals surface area (Å²) in [6.07, 6.45) is 2.00. The maximum atomic E-state index is 3.83. The van der Waals surface area contributed by atoms with Crippen molar-refractivity contribution in [3.8, 4) is 0 Å². The molecule has 0 aromatic rings. The lowest BCUT2D eigenvalue weighted by Gasteiger charge is -2.03. The third-order valence-electron chi connectivity index (χ3n) is 1.15. The van der Waals surface area contributed by atoms with Crippen LogP contribution in [0.4, 0.5) is 0 Å². The van der Waals surface area contributed by atoms with Gasteiger partial charge in [0, 0.05) is 12.7 Å². The number of hydrogen-bond acceptors (Lipinski definition) is 1. The van der Waals surface area contributed by atoms with E-state index in [1.54, 1.807) is 0 Å². The van der Waals surface area contributed by atoms with Crippen LogP contribution < -0.4 is 5.32 Å². The quantitative estimate of drug-likeness (QED) is 0.588. The first-order chi connectivity index (χ1) is 4.57. The van der Waals surface area contributed by atoms with Crippen LogP contribution in [0.1, 0.15) is 13.8 Å². The highest BCUT2D eigenvalue weighted by Gasteiger charge is 1.90. The molecular weight excluding hydrogens is 122 g/mol. The molecule has 10 heavy (non-hydrogen) atoms. The lowest BCUT2D eigenvalue weighted by Crippen LogP contribution is -2.04. The van der Waals surface area contributed by atoms with Crippen LogP contribution in [0.25, 0.3) is 0 Å². The molecule has 0 aromatic carbocycles. The van der Waals surface area contributed by atoms with Crippen LogP contribution in [0.3, 0.4) is 0 Å². The topological polar surface area (TPSA) is 12.0 Å². The first-order valence-electron chi connectivity index (χ1n) is 3.28. The van der Waals surface area contributed by atoms with Crippen molar-refractivity contribution in [3.63, 3.8) is 0 Å². The summed E-state index contributed by atoms with van der Waals surface area (Å²) in [6.45, 7) is 11.7. The molecule has 0 fully saturated rings. The van der Waals surface area contributed by atoms with Gasteiger partial charge in [0.15, 0.2) is 0 Å². The molecule has 0 aliphatic heterocycles. The fourth-order valence-corrected chi connectivity index (χ4v) is 0.596. The van der Waals surface area contributed by atoms with E-state index in [1.165, 1.54) is 5.57 Å². The first-order valence-corrected chi connectivity index (χ1v) is 3.28. The summed E-state index contributed by atoms with van der Waals surface area (Å²) in [5.41, 5.74) is 3.06. The predicted molar refractivity (Wildman–Crippen MR) is 46.8 cm³/mol.